The van der Waals surface area contributed by atoms with Crippen LogP contribution in [-0.4, -0.2) is 76.6 Å². The number of alkyl halides is 25. The molecule has 0 radical (unpaired) electrons. The van der Waals surface area contributed by atoms with Gasteiger partial charge in [0.2, 0.25) is 0 Å². The first kappa shape index (κ1) is 38.2. The fraction of sp³-hybridized carbons (Fsp3) is 0.923. The molecule has 0 bridgehead atoms. The maximum Gasteiger partial charge on any atom is 0.460 e. The van der Waals surface area contributed by atoms with E-state index in [1.54, 1.807) is 0 Å². The van der Waals surface area contributed by atoms with E-state index in [1.807, 2.05) is 0 Å². The van der Waals surface area contributed by atoms with Gasteiger partial charge >= 0.3 is 71.3 Å². The fourth-order valence-corrected chi connectivity index (χ4v) is 2.19. The summed E-state index contributed by atoms with van der Waals surface area (Å²) in [6.07, 6.45) is -8.19. The van der Waals surface area contributed by atoms with Crippen LogP contribution in [-0.2, 0) is 4.79 Å². The van der Waals surface area contributed by atoms with Crippen LogP contribution in [0.5, 0.6) is 0 Å². The molecule has 0 rings (SSSR count). The van der Waals surface area contributed by atoms with Gasteiger partial charge in [0.1, 0.15) is 0 Å². The van der Waals surface area contributed by atoms with Crippen molar-refractivity contribution in [1.29, 1.82) is 0 Å². The molecule has 0 fully saturated rings. The van der Waals surface area contributed by atoms with Crippen LogP contribution in [0.3, 0.4) is 0 Å². The summed E-state index contributed by atoms with van der Waals surface area (Å²) in [6, 6.07) is 0. The smallest absolute Gasteiger partial charge is 0.274 e. The van der Waals surface area contributed by atoms with Gasteiger partial charge in [-0.3, -0.25) is 4.79 Å². The summed E-state index contributed by atoms with van der Waals surface area (Å²) in [4.78, 5) is 10.1. The van der Waals surface area contributed by atoms with Gasteiger partial charge in [-0.25, -0.2) is 0 Å². The Morgan fingerprint density at radius 2 is 0.450 bits per heavy atom. The highest BCUT2D eigenvalue weighted by atomic mass is 35.5. The van der Waals surface area contributed by atoms with E-state index in [1.165, 1.54) is 0 Å². The molecule has 0 aliphatic carbocycles. The number of halogens is 26. The lowest BCUT2D eigenvalue weighted by Gasteiger charge is -2.45. The molecular formula is C13ClF25O. The van der Waals surface area contributed by atoms with Crippen molar-refractivity contribution in [2.24, 2.45) is 0 Å². The van der Waals surface area contributed by atoms with Crippen molar-refractivity contribution < 1.29 is 115 Å². The summed E-state index contributed by atoms with van der Waals surface area (Å²) in [7, 11) is 0. The molecule has 0 amide bonds. The molecule has 0 aromatic carbocycles. The van der Waals surface area contributed by atoms with Gasteiger partial charge in [-0.2, -0.15) is 110 Å². The molecule has 0 saturated heterocycles. The Hall–Kier alpha value is -1.79. The van der Waals surface area contributed by atoms with Crippen LogP contribution >= 0.6 is 11.6 Å². The zero-order valence-corrected chi connectivity index (χ0v) is 17.5. The van der Waals surface area contributed by atoms with E-state index in [0.717, 1.165) is 0 Å². The Kier molecular flexibility index (Phi) is 8.70. The lowest BCUT2D eigenvalue weighted by molar-refractivity contribution is -0.481. The van der Waals surface area contributed by atoms with E-state index < -0.39 is 76.6 Å². The first-order chi connectivity index (χ1) is 16.7. The third-order valence-electron chi connectivity index (χ3n) is 4.55. The molecule has 40 heavy (non-hydrogen) atoms. The van der Waals surface area contributed by atoms with Gasteiger partial charge in [-0.05, 0) is 11.6 Å². The van der Waals surface area contributed by atoms with Gasteiger partial charge in [-0.15, -0.1) is 0 Å². The summed E-state index contributed by atoms with van der Waals surface area (Å²) >= 11 is 3.61. The van der Waals surface area contributed by atoms with Crippen LogP contribution in [0.15, 0.2) is 0 Å². The van der Waals surface area contributed by atoms with Crippen molar-refractivity contribution in [3.63, 3.8) is 0 Å². The summed E-state index contributed by atoms with van der Waals surface area (Å²) in [5.74, 6) is -100. The standard InChI is InChI=1S/C13ClF25O/c14-1(40)2(15,16)3(17,18)4(19,20)5(21,22)6(23,24)7(25,26)8(27,28)9(29,30)10(31,32)11(33,34)12(35,36)13(37,38)39. The Morgan fingerprint density at radius 1 is 0.300 bits per heavy atom. The fourth-order valence-electron chi connectivity index (χ4n) is 2.08. The largest absolute Gasteiger partial charge is 0.460 e. The minimum Gasteiger partial charge on any atom is -0.274 e. The zero-order chi connectivity index (χ0) is 33.6. The topological polar surface area (TPSA) is 17.1 Å². The van der Waals surface area contributed by atoms with Crippen molar-refractivity contribution in [2.45, 2.75) is 71.3 Å². The number of carbonyl (C=O) groups excluding carboxylic acids is 1. The molecule has 0 aliphatic rings. The van der Waals surface area contributed by atoms with Crippen LogP contribution in [0, 0.1) is 0 Å². The number of carbonyl (C=O) groups is 1. The quantitative estimate of drug-likeness (QED) is 0.158. The minimum absolute atomic E-state index is 3.61. The third-order valence-corrected chi connectivity index (χ3v) is 4.78. The van der Waals surface area contributed by atoms with E-state index in [-0.39, 0.29) is 0 Å². The van der Waals surface area contributed by atoms with E-state index >= 15 is 0 Å². The van der Waals surface area contributed by atoms with Crippen LogP contribution in [0.4, 0.5) is 110 Å². The van der Waals surface area contributed by atoms with Gasteiger partial charge in [0.15, 0.2) is 0 Å². The van der Waals surface area contributed by atoms with Gasteiger partial charge in [0.05, 0.1) is 0 Å². The molecule has 0 saturated carbocycles. The van der Waals surface area contributed by atoms with Crippen molar-refractivity contribution in [1.82, 2.24) is 0 Å². The van der Waals surface area contributed by atoms with Gasteiger partial charge in [0, 0.05) is 0 Å². The first-order valence-electron chi connectivity index (χ1n) is 8.12. The zero-order valence-electron chi connectivity index (χ0n) is 16.7. The number of hydrogen-bond acceptors (Lipinski definition) is 1. The lowest BCUT2D eigenvalue weighted by atomic mass is 9.84. The highest BCUT2D eigenvalue weighted by Gasteiger charge is 2.99. The predicted molar refractivity (Wildman–Crippen MR) is 71.3 cm³/mol. The average molecular weight is 683 g/mol. The molecule has 0 aromatic rings. The average Bonchev–Trinajstić information content (AvgIpc) is 2.71. The van der Waals surface area contributed by atoms with E-state index in [9.17, 15) is 115 Å². The number of rotatable bonds is 11. The summed E-state index contributed by atoms with van der Waals surface area (Å²) < 4.78 is 327. The molecule has 0 atom stereocenters. The highest BCUT2D eigenvalue weighted by Crippen LogP contribution is 2.67. The molecule has 0 aromatic heterocycles. The predicted octanol–water partition coefficient (Wildman–Crippen LogP) is 8.30. The molecule has 0 N–H and O–H groups in total. The molecule has 0 heterocycles. The van der Waals surface area contributed by atoms with Crippen LogP contribution in [0.2, 0.25) is 0 Å². The SMILES string of the molecule is O=C(Cl)C(F)(F)C(F)(F)C(F)(F)C(F)(F)C(F)(F)C(F)(F)C(F)(F)C(F)(F)C(F)(F)C(F)(F)C(F)(F)C(F)(F)F. The molecule has 240 valence electrons. The Bertz CT molecular complexity index is 972. The summed E-state index contributed by atoms with van der Waals surface area (Å²) in [5.41, 5.74) is 0. The summed E-state index contributed by atoms with van der Waals surface area (Å²) in [5, 5.41) is -4.20. The van der Waals surface area contributed by atoms with E-state index in [0.29, 0.717) is 0 Å². The maximum absolute atomic E-state index is 13.5. The Labute approximate surface area is 204 Å². The van der Waals surface area contributed by atoms with E-state index in [2.05, 4.69) is 11.6 Å². The normalized spacial score (nSPS) is 16.9. The number of hydrogen-bond donors (Lipinski definition) is 0. The minimum atomic E-state index is -9.66. The van der Waals surface area contributed by atoms with Crippen molar-refractivity contribution >= 4 is 16.8 Å². The third kappa shape index (κ3) is 4.21. The lowest BCUT2D eigenvalue weighted by Crippen LogP contribution is -2.78. The molecule has 27 heteroatoms. The highest BCUT2D eigenvalue weighted by molar-refractivity contribution is 6.65. The second-order valence-corrected chi connectivity index (χ2v) is 7.43. The Balaban J connectivity index is 7.37. The van der Waals surface area contributed by atoms with Crippen LogP contribution in [0.1, 0.15) is 0 Å². The molecular weight excluding hydrogens is 683 g/mol. The van der Waals surface area contributed by atoms with Gasteiger partial charge in [-0.1, -0.05) is 0 Å². The van der Waals surface area contributed by atoms with Gasteiger partial charge in [0.25, 0.3) is 5.24 Å². The first-order valence-corrected chi connectivity index (χ1v) is 8.50. The Morgan fingerprint density at radius 3 is 0.600 bits per heavy atom. The van der Waals surface area contributed by atoms with Gasteiger partial charge < -0.3 is 0 Å². The monoisotopic (exact) mass is 682 g/mol. The molecule has 0 aliphatic heterocycles. The van der Waals surface area contributed by atoms with Crippen molar-refractivity contribution in [2.75, 3.05) is 0 Å². The molecule has 1 nitrogen and oxygen atoms in total. The van der Waals surface area contributed by atoms with E-state index in [4.69, 9.17) is 0 Å². The molecule has 0 spiro atoms. The van der Waals surface area contributed by atoms with Crippen molar-refractivity contribution in [3.8, 4) is 0 Å². The molecule has 0 unspecified atom stereocenters. The maximum atomic E-state index is 13.5. The van der Waals surface area contributed by atoms with Crippen LogP contribution in [0.25, 0.3) is 0 Å². The summed E-state index contributed by atoms with van der Waals surface area (Å²) in [6.45, 7) is 0. The van der Waals surface area contributed by atoms with Crippen molar-refractivity contribution in [3.05, 3.63) is 0 Å². The van der Waals surface area contributed by atoms with Crippen LogP contribution < -0.4 is 0 Å². The second-order valence-electron chi connectivity index (χ2n) is 7.09. The second kappa shape index (κ2) is 9.10.